The molecule has 4 nitrogen and oxygen atoms in total. The van der Waals surface area contributed by atoms with Gasteiger partial charge in [0.05, 0.1) is 7.11 Å². The van der Waals surface area contributed by atoms with Crippen molar-refractivity contribution in [2.24, 2.45) is 0 Å². The minimum absolute atomic E-state index is 0.180. The summed E-state index contributed by atoms with van der Waals surface area (Å²) in [5.74, 6) is 1.20. The second-order valence-electron chi connectivity index (χ2n) is 5.31. The van der Waals surface area contributed by atoms with Crippen molar-refractivity contribution in [2.45, 2.75) is 30.8 Å². The molecule has 0 spiro atoms. The van der Waals surface area contributed by atoms with Crippen molar-refractivity contribution in [3.8, 4) is 0 Å². The van der Waals surface area contributed by atoms with Crippen LogP contribution in [0.25, 0.3) is 0 Å². The van der Waals surface area contributed by atoms with Gasteiger partial charge in [-0.1, -0.05) is 30.3 Å². The lowest BCUT2D eigenvalue weighted by molar-refractivity contribution is -0.148. The van der Waals surface area contributed by atoms with Crippen LogP contribution >= 0.6 is 11.8 Å². The topological polar surface area (TPSA) is 58.6 Å². The molecule has 2 rings (SSSR count). The predicted molar refractivity (Wildman–Crippen MR) is 85.3 cm³/mol. The average Bonchev–Trinajstić information content (AvgIpc) is 3.34. The van der Waals surface area contributed by atoms with E-state index >= 15 is 0 Å². The number of thioether (sulfide) groups is 1. The van der Waals surface area contributed by atoms with Crippen molar-refractivity contribution in [1.29, 1.82) is 0 Å². The number of ether oxygens (including phenoxy) is 1. The largest absolute Gasteiger partial charge is 0.467 e. The Hall–Kier alpha value is -1.04. The van der Waals surface area contributed by atoms with Crippen LogP contribution in [0.1, 0.15) is 24.8 Å². The Morgan fingerprint density at radius 2 is 2.14 bits per heavy atom. The number of carbonyl (C=O) groups is 1. The molecule has 1 saturated carbocycles. The van der Waals surface area contributed by atoms with Crippen LogP contribution in [0, 0.1) is 0 Å². The summed E-state index contributed by atoms with van der Waals surface area (Å²) in [5, 5.41) is 12.4. The molecular formula is C16H23NO3S. The van der Waals surface area contributed by atoms with E-state index in [1.807, 2.05) is 30.3 Å². The maximum absolute atomic E-state index is 12.5. The van der Waals surface area contributed by atoms with E-state index in [0.717, 1.165) is 30.6 Å². The van der Waals surface area contributed by atoms with Gasteiger partial charge in [0, 0.05) is 18.4 Å². The number of rotatable bonds is 9. The van der Waals surface area contributed by atoms with Gasteiger partial charge in [0.1, 0.15) is 0 Å². The van der Waals surface area contributed by atoms with Gasteiger partial charge in [0.15, 0.2) is 5.54 Å². The molecule has 0 heterocycles. The van der Waals surface area contributed by atoms with Crippen molar-refractivity contribution in [1.82, 2.24) is 5.32 Å². The van der Waals surface area contributed by atoms with Gasteiger partial charge in [-0.3, -0.25) is 5.32 Å². The Kier molecular flexibility index (Phi) is 6.08. The maximum Gasteiger partial charge on any atom is 0.331 e. The molecule has 1 aromatic rings. The van der Waals surface area contributed by atoms with Crippen LogP contribution < -0.4 is 5.32 Å². The smallest absolute Gasteiger partial charge is 0.331 e. The number of hydrogen-bond donors (Lipinski definition) is 2. The highest BCUT2D eigenvalue weighted by molar-refractivity contribution is 7.99. The number of aliphatic hydroxyl groups is 1. The molecular weight excluding hydrogens is 286 g/mol. The first-order valence-corrected chi connectivity index (χ1v) is 8.48. The average molecular weight is 309 g/mol. The highest BCUT2D eigenvalue weighted by atomic mass is 32.2. The maximum atomic E-state index is 12.5. The standard InChI is InChI=1S/C16H23NO3S/c1-20-15(19)16(17-14-8-9-14,12-21-11-5-10-18)13-6-3-2-4-7-13/h2-4,6-7,14,17-18H,5,8-12H2,1H3. The first kappa shape index (κ1) is 16.3. The van der Waals surface area contributed by atoms with Gasteiger partial charge in [-0.2, -0.15) is 11.8 Å². The van der Waals surface area contributed by atoms with E-state index in [0.29, 0.717) is 11.8 Å². The van der Waals surface area contributed by atoms with Crippen molar-refractivity contribution in [2.75, 3.05) is 25.2 Å². The first-order chi connectivity index (χ1) is 10.2. The zero-order valence-electron chi connectivity index (χ0n) is 12.4. The monoisotopic (exact) mass is 309 g/mol. The molecule has 1 aliphatic rings. The fraction of sp³-hybridized carbons (Fsp3) is 0.562. The number of aliphatic hydroxyl groups excluding tert-OH is 1. The molecule has 1 atom stereocenters. The van der Waals surface area contributed by atoms with E-state index in [2.05, 4.69) is 5.32 Å². The lowest BCUT2D eigenvalue weighted by Gasteiger charge is -2.32. The molecule has 1 aliphatic carbocycles. The molecule has 1 aromatic carbocycles. The summed E-state index contributed by atoms with van der Waals surface area (Å²) < 4.78 is 5.09. The first-order valence-electron chi connectivity index (χ1n) is 7.33. The summed E-state index contributed by atoms with van der Waals surface area (Å²) in [5.41, 5.74) is 0.150. The lowest BCUT2D eigenvalue weighted by atomic mass is 9.91. The zero-order valence-corrected chi connectivity index (χ0v) is 13.2. The molecule has 0 radical (unpaired) electrons. The molecule has 5 heteroatoms. The third kappa shape index (κ3) is 4.22. The normalized spacial score (nSPS) is 17.2. The van der Waals surface area contributed by atoms with E-state index in [9.17, 15) is 4.79 Å². The molecule has 0 amide bonds. The number of hydrogen-bond acceptors (Lipinski definition) is 5. The number of carbonyl (C=O) groups excluding carboxylic acids is 1. The Balaban J connectivity index is 2.22. The third-order valence-electron chi connectivity index (χ3n) is 3.59. The van der Waals surface area contributed by atoms with Crippen LogP contribution in [0.3, 0.4) is 0 Å². The molecule has 0 aliphatic heterocycles. The number of methoxy groups -OCH3 is 1. The van der Waals surface area contributed by atoms with Gasteiger partial charge < -0.3 is 9.84 Å². The van der Waals surface area contributed by atoms with Crippen molar-refractivity contribution < 1.29 is 14.6 Å². The summed E-state index contributed by atoms with van der Waals surface area (Å²) in [6.07, 6.45) is 2.94. The van der Waals surface area contributed by atoms with Crippen molar-refractivity contribution in [3.05, 3.63) is 35.9 Å². The molecule has 21 heavy (non-hydrogen) atoms. The van der Waals surface area contributed by atoms with E-state index in [4.69, 9.17) is 9.84 Å². The minimum atomic E-state index is -0.794. The van der Waals surface area contributed by atoms with E-state index < -0.39 is 5.54 Å². The van der Waals surface area contributed by atoms with Crippen LogP contribution in [0.15, 0.2) is 30.3 Å². The fourth-order valence-electron chi connectivity index (χ4n) is 2.31. The van der Waals surface area contributed by atoms with Crippen LogP contribution in [-0.2, 0) is 15.1 Å². The molecule has 0 aromatic heterocycles. The highest BCUT2D eigenvalue weighted by Gasteiger charge is 2.44. The summed E-state index contributed by atoms with van der Waals surface area (Å²) in [6, 6.07) is 10.2. The number of nitrogens with one attached hydrogen (secondary N) is 1. The van der Waals surface area contributed by atoms with Gasteiger partial charge in [-0.15, -0.1) is 0 Å². The molecule has 0 bridgehead atoms. The van der Waals surface area contributed by atoms with Gasteiger partial charge in [0.2, 0.25) is 0 Å². The van der Waals surface area contributed by atoms with Gasteiger partial charge in [-0.05, 0) is 30.6 Å². The second-order valence-corrected chi connectivity index (χ2v) is 6.42. The SMILES string of the molecule is COC(=O)C(CSCCCO)(NC1CC1)c1ccccc1. The number of esters is 1. The van der Waals surface area contributed by atoms with E-state index in [1.54, 1.807) is 11.8 Å². The van der Waals surface area contributed by atoms with Gasteiger partial charge in [0.25, 0.3) is 0 Å². The molecule has 1 fully saturated rings. The quantitative estimate of drug-likeness (QED) is 0.539. The molecule has 2 N–H and O–H groups in total. The summed E-state index contributed by atoms with van der Waals surface area (Å²) in [7, 11) is 1.44. The van der Waals surface area contributed by atoms with Crippen LogP contribution in [-0.4, -0.2) is 42.3 Å². The minimum Gasteiger partial charge on any atom is -0.467 e. The van der Waals surface area contributed by atoms with Gasteiger partial charge >= 0.3 is 5.97 Å². The van der Waals surface area contributed by atoms with Crippen molar-refractivity contribution >= 4 is 17.7 Å². The van der Waals surface area contributed by atoms with Crippen LogP contribution in [0.5, 0.6) is 0 Å². The number of benzene rings is 1. The summed E-state index contributed by atoms with van der Waals surface area (Å²) in [4.78, 5) is 12.5. The predicted octanol–water partition coefficient (Wildman–Crippen LogP) is 1.92. The molecule has 1 unspecified atom stereocenters. The Bertz CT molecular complexity index is 450. The second kappa shape index (κ2) is 7.82. The lowest BCUT2D eigenvalue weighted by Crippen LogP contribution is -2.53. The van der Waals surface area contributed by atoms with Gasteiger partial charge in [-0.25, -0.2) is 4.79 Å². The third-order valence-corrected chi connectivity index (χ3v) is 4.81. The van der Waals surface area contributed by atoms with Crippen molar-refractivity contribution in [3.63, 3.8) is 0 Å². The molecule has 0 saturated heterocycles. The Morgan fingerprint density at radius 3 is 2.71 bits per heavy atom. The fourth-order valence-corrected chi connectivity index (χ4v) is 3.46. The Labute approximate surface area is 130 Å². The van der Waals surface area contributed by atoms with Crippen LogP contribution in [0.2, 0.25) is 0 Å². The highest BCUT2D eigenvalue weighted by Crippen LogP contribution is 2.32. The zero-order chi connectivity index (χ0) is 15.1. The van der Waals surface area contributed by atoms with E-state index in [-0.39, 0.29) is 12.6 Å². The van der Waals surface area contributed by atoms with E-state index in [1.165, 1.54) is 7.11 Å². The summed E-state index contributed by atoms with van der Waals surface area (Å²) in [6.45, 7) is 0.180. The summed E-state index contributed by atoms with van der Waals surface area (Å²) >= 11 is 1.67. The molecule has 116 valence electrons. The van der Waals surface area contributed by atoms with Crippen LogP contribution in [0.4, 0.5) is 0 Å². The Morgan fingerprint density at radius 1 is 1.43 bits per heavy atom.